The number of fused-ring (bicyclic) bond motifs is 1. The molecule has 0 bridgehead atoms. The topological polar surface area (TPSA) is 105 Å². The molecule has 3 rings (SSSR count). The molecular formula is C21H24FN3O3S. The number of hydrogen-bond acceptors (Lipinski definition) is 3. The number of nitrogens with one attached hydrogen (secondary N) is 2. The van der Waals surface area contributed by atoms with E-state index in [2.05, 4.69) is 9.71 Å². The second-order valence-electron chi connectivity index (χ2n) is 7.43. The van der Waals surface area contributed by atoms with Crippen molar-refractivity contribution >= 4 is 26.8 Å². The SMILES string of the molecule is CC(C)Cc1cc(-c2c[nH]c3cc(F)ccc23)ccc1S(=O)(=O)NCCC(N)=O. The fourth-order valence-electron chi connectivity index (χ4n) is 3.33. The van der Waals surface area contributed by atoms with Gasteiger partial charge in [-0.25, -0.2) is 17.5 Å². The molecule has 0 fully saturated rings. The fraction of sp³-hybridized carbons (Fsp3) is 0.286. The molecule has 1 aromatic heterocycles. The number of nitrogens with two attached hydrogens (primary N) is 1. The summed E-state index contributed by atoms with van der Waals surface area (Å²) in [5.74, 6) is -0.655. The highest BCUT2D eigenvalue weighted by molar-refractivity contribution is 7.89. The summed E-state index contributed by atoms with van der Waals surface area (Å²) in [7, 11) is -3.78. The number of sulfonamides is 1. The monoisotopic (exact) mass is 417 g/mol. The van der Waals surface area contributed by atoms with Gasteiger partial charge in [0.1, 0.15) is 5.82 Å². The molecule has 1 heterocycles. The van der Waals surface area contributed by atoms with E-state index in [0.717, 1.165) is 16.5 Å². The van der Waals surface area contributed by atoms with Gasteiger partial charge in [0.2, 0.25) is 15.9 Å². The summed E-state index contributed by atoms with van der Waals surface area (Å²) in [5, 5.41) is 0.858. The minimum Gasteiger partial charge on any atom is -0.370 e. The number of benzene rings is 2. The molecule has 154 valence electrons. The first-order chi connectivity index (χ1) is 13.7. The molecular weight excluding hydrogens is 393 g/mol. The molecule has 4 N–H and O–H groups in total. The van der Waals surface area contributed by atoms with Gasteiger partial charge in [-0.3, -0.25) is 4.79 Å². The van der Waals surface area contributed by atoms with Crippen molar-refractivity contribution in [3.05, 3.63) is 54.0 Å². The highest BCUT2D eigenvalue weighted by atomic mass is 32.2. The highest BCUT2D eigenvalue weighted by Crippen LogP contribution is 2.32. The van der Waals surface area contributed by atoms with Gasteiger partial charge in [0.05, 0.1) is 4.90 Å². The number of aromatic amines is 1. The van der Waals surface area contributed by atoms with Crippen LogP contribution >= 0.6 is 0 Å². The maximum Gasteiger partial charge on any atom is 0.240 e. The molecule has 0 unspecified atom stereocenters. The number of aromatic nitrogens is 1. The summed E-state index contributed by atoms with van der Waals surface area (Å²) in [6.07, 6.45) is 2.29. The van der Waals surface area contributed by atoms with Crippen molar-refractivity contribution in [2.45, 2.75) is 31.6 Å². The molecule has 3 aromatic rings. The van der Waals surface area contributed by atoms with Gasteiger partial charge in [-0.2, -0.15) is 0 Å². The fourth-order valence-corrected chi connectivity index (χ4v) is 4.59. The number of hydrogen-bond donors (Lipinski definition) is 3. The summed E-state index contributed by atoms with van der Waals surface area (Å²) in [4.78, 5) is 14.1. The number of amides is 1. The van der Waals surface area contributed by atoms with Crippen LogP contribution in [0.1, 0.15) is 25.8 Å². The van der Waals surface area contributed by atoms with Crippen LogP contribution in [-0.4, -0.2) is 25.9 Å². The smallest absolute Gasteiger partial charge is 0.240 e. The first-order valence-electron chi connectivity index (χ1n) is 9.35. The molecule has 0 aliphatic carbocycles. The molecule has 0 aliphatic rings. The van der Waals surface area contributed by atoms with Crippen LogP contribution in [0.15, 0.2) is 47.5 Å². The summed E-state index contributed by atoms with van der Waals surface area (Å²) in [6, 6.07) is 9.69. The largest absolute Gasteiger partial charge is 0.370 e. The van der Waals surface area contributed by atoms with Crippen LogP contribution in [0.25, 0.3) is 22.0 Å². The average Bonchev–Trinajstić information content (AvgIpc) is 3.03. The third kappa shape index (κ3) is 4.83. The average molecular weight is 418 g/mol. The van der Waals surface area contributed by atoms with Gasteiger partial charge in [-0.05, 0) is 53.8 Å². The van der Waals surface area contributed by atoms with Crippen molar-refractivity contribution in [3.8, 4) is 11.1 Å². The van der Waals surface area contributed by atoms with Gasteiger partial charge < -0.3 is 10.7 Å². The van der Waals surface area contributed by atoms with Crippen molar-refractivity contribution in [3.63, 3.8) is 0 Å². The molecule has 0 aliphatic heterocycles. The lowest BCUT2D eigenvalue weighted by molar-refractivity contribution is -0.117. The number of halogens is 1. The highest BCUT2D eigenvalue weighted by Gasteiger charge is 2.20. The Kier molecular flexibility index (Phi) is 6.04. The normalized spacial score (nSPS) is 12.0. The van der Waals surface area contributed by atoms with E-state index in [0.29, 0.717) is 17.5 Å². The molecule has 8 heteroatoms. The molecule has 2 aromatic carbocycles. The molecule has 1 amide bonds. The maximum absolute atomic E-state index is 13.5. The molecule has 0 atom stereocenters. The van der Waals surface area contributed by atoms with Crippen LogP contribution in [0.4, 0.5) is 4.39 Å². The Morgan fingerprint density at radius 3 is 2.66 bits per heavy atom. The Morgan fingerprint density at radius 2 is 1.97 bits per heavy atom. The van der Waals surface area contributed by atoms with Crippen molar-refractivity contribution in [1.82, 2.24) is 9.71 Å². The van der Waals surface area contributed by atoms with Crippen LogP contribution in [0, 0.1) is 11.7 Å². The Balaban J connectivity index is 2.02. The van der Waals surface area contributed by atoms with Gasteiger partial charge in [-0.15, -0.1) is 0 Å². The van der Waals surface area contributed by atoms with Crippen molar-refractivity contribution < 1.29 is 17.6 Å². The molecule has 0 radical (unpaired) electrons. The summed E-state index contributed by atoms with van der Waals surface area (Å²) in [6.45, 7) is 3.98. The molecule has 6 nitrogen and oxygen atoms in total. The van der Waals surface area contributed by atoms with E-state index in [-0.39, 0.29) is 29.6 Å². The van der Waals surface area contributed by atoms with E-state index in [1.807, 2.05) is 19.9 Å². The minimum absolute atomic E-state index is 0.0471. The summed E-state index contributed by atoms with van der Waals surface area (Å²) < 4.78 is 41.4. The minimum atomic E-state index is -3.78. The van der Waals surface area contributed by atoms with Crippen molar-refractivity contribution in [1.29, 1.82) is 0 Å². The van der Waals surface area contributed by atoms with Gasteiger partial charge >= 0.3 is 0 Å². The zero-order valence-electron chi connectivity index (χ0n) is 16.3. The number of carbonyl (C=O) groups is 1. The maximum atomic E-state index is 13.5. The Hall–Kier alpha value is -2.71. The summed E-state index contributed by atoms with van der Waals surface area (Å²) >= 11 is 0. The molecule has 0 saturated heterocycles. The van der Waals surface area contributed by atoms with E-state index in [4.69, 9.17) is 5.73 Å². The predicted molar refractivity (Wildman–Crippen MR) is 111 cm³/mol. The van der Waals surface area contributed by atoms with Gasteiger partial charge in [-0.1, -0.05) is 19.9 Å². The van der Waals surface area contributed by atoms with Crippen LogP contribution in [-0.2, 0) is 21.2 Å². The van der Waals surface area contributed by atoms with Crippen molar-refractivity contribution in [2.24, 2.45) is 11.7 Å². The van der Waals surface area contributed by atoms with Gasteiger partial charge in [0, 0.05) is 35.6 Å². The first-order valence-corrected chi connectivity index (χ1v) is 10.8. The Bertz CT molecular complexity index is 1150. The van der Waals surface area contributed by atoms with E-state index < -0.39 is 15.9 Å². The first kappa shape index (κ1) is 21.0. The number of carbonyl (C=O) groups excluding carboxylic acids is 1. The van der Waals surface area contributed by atoms with E-state index in [1.54, 1.807) is 24.4 Å². The molecule has 0 spiro atoms. The lowest BCUT2D eigenvalue weighted by Gasteiger charge is -2.15. The van der Waals surface area contributed by atoms with Crippen molar-refractivity contribution in [2.75, 3.05) is 6.54 Å². The quantitative estimate of drug-likeness (QED) is 0.523. The van der Waals surface area contributed by atoms with Crippen LogP contribution < -0.4 is 10.5 Å². The lowest BCUT2D eigenvalue weighted by Crippen LogP contribution is -2.28. The van der Waals surface area contributed by atoms with Gasteiger partial charge in [0.25, 0.3) is 0 Å². The standard InChI is InChI=1S/C21H24FN3O3S/c1-13(2)9-15-10-14(18-12-24-19-11-16(22)4-5-17(18)19)3-6-20(15)29(27,28)25-8-7-21(23)26/h3-6,10-13,24-25H,7-9H2,1-2H3,(H2,23,26). The van der Waals surface area contributed by atoms with E-state index in [9.17, 15) is 17.6 Å². The lowest BCUT2D eigenvalue weighted by atomic mass is 9.97. The van der Waals surface area contributed by atoms with Crippen LogP contribution in [0.5, 0.6) is 0 Å². The second-order valence-corrected chi connectivity index (χ2v) is 9.16. The van der Waals surface area contributed by atoms with Crippen LogP contribution in [0.2, 0.25) is 0 Å². The third-order valence-electron chi connectivity index (χ3n) is 4.60. The van der Waals surface area contributed by atoms with E-state index in [1.165, 1.54) is 12.1 Å². The summed E-state index contributed by atoms with van der Waals surface area (Å²) in [5.41, 5.74) is 8.16. The van der Waals surface area contributed by atoms with E-state index >= 15 is 0 Å². The number of primary amides is 1. The second kappa shape index (κ2) is 8.34. The molecule has 0 saturated carbocycles. The number of rotatable bonds is 8. The zero-order valence-corrected chi connectivity index (χ0v) is 17.1. The van der Waals surface area contributed by atoms with Gasteiger partial charge in [0.15, 0.2) is 0 Å². The zero-order chi connectivity index (χ0) is 21.2. The van der Waals surface area contributed by atoms with Crippen LogP contribution in [0.3, 0.4) is 0 Å². The Morgan fingerprint density at radius 1 is 1.21 bits per heavy atom. The number of H-pyrrole nitrogens is 1. The third-order valence-corrected chi connectivity index (χ3v) is 6.16. The predicted octanol–water partition coefficient (Wildman–Crippen LogP) is 3.33. The molecule has 29 heavy (non-hydrogen) atoms. The Labute approximate surface area is 169 Å².